The largest absolute Gasteiger partial charge is 0.460 e. The first kappa shape index (κ1) is 25.4. The fraction of sp³-hybridized carbons (Fsp3) is 0.219. The molecule has 2 aromatic heterocycles. The van der Waals surface area contributed by atoms with Gasteiger partial charge in [0.25, 0.3) is 5.91 Å². The molecule has 0 saturated heterocycles. The first-order valence-corrected chi connectivity index (χ1v) is 13.5. The van der Waals surface area contributed by atoms with Crippen molar-refractivity contribution < 1.29 is 14.3 Å². The number of hydrogen-bond donors (Lipinski definition) is 1. The molecule has 1 N–H and O–H groups in total. The second-order valence-electron chi connectivity index (χ2n) is 10.2. The summed E-state index contributed by atoms with van der Waals surface area (Å²) in [5.74, 6) is -0.677. The van der Waals surface area contributed by atoms with Crippen LogP contribution in [0.4, 0.5) is 5.69 Å². The Morgan fingerprint density at radius 2 is 1.65 bits per heavy atom. The molecule has 1 atom stereocenters. The van der Waals surface area contributed by atoms with E-state index in [-0.39, 0.29) is 12.5 Å². The number of hydrogen-bond acceptors (Lipinski definition) is 5. The van der Waals surface area contributed by atoms with Crippen molar-refractivity contribution in [2.45, 2.75) is 25.6 Å². The van der Waals surface area contributed by atoms with E-state index in [2.05, 4.69) is 39.6 Å². The van der Waals surface area contributed by atoms with Gasteiger partial charge in [-0.2, -0.15) is 5.10 Å². The molecule has 0 saturated carbocycles. The number of anilines is 1. The number of para-hydroxylation sites is 1. The Labute approximate surface area is 232 Å². The van der Waals surface area contributed by atoms with Crippen LogP contribution in [0.1, 0.15) is 32.0 Å². The van der Waals surface area contributed by atoms with Gasteiger partial charge < -0.3 is 19.5 Å². The van der Waals surface area contributed by atoms with Crippen LogP contribution in [0.2, 0.25) is 0 Å². The Hall–Kier alpha value is -4.85. The third-order valence-corrected chi connectivity index (χ3v) is 7.30. The van der Waals surface area contributed by atoms with Gasteiger partial charge in [0, 0.05) is 50.0 Å². The molecule has 0 unspecified atom stereocenters. The zero-order chi connectivity index (χ0) is 27.5. The molecule has 8 nitrogen and oxygen atoms in total. The molecule has 8 heteroatoms. The highest BCUT2D eigenvalue weighted by Crippen LogP contribution is 2.26. The number of fused-ring (bicyclic) bond motifs is 2. The number of nitrogens with one attached hydrogen (secondary N) is 1. The number of ether oxygens (including phenoxy) is 1. The van der Waals surface area contributed by atoms with Crippen molar-refractivity contribution in [1.29, 1.82) is 0 Å². The Morgan fingerprint density at radius 1 is 0.950 bits per heavy atom. The van der Waals surface area contributed by atoms with E-state index in [0.717, 1.165) is 28.6 Å². The number of amides is 1. The van der Waals surface area contributed by atoms with Crippen LogP contribution in [0.3, 0.4) is 0 Å². The lowest BCUT2D eigenvalue weighted by atomic mass is 10.1. The van der Waals surface area contributed by atoms with Crippen LogP contribution in [0, 0.1) is 0 Å². The van der Waals surface area contributed by atoms with Crippen LogP contribution in [0.25, 0.3) is 10.9 Å². The minimum Gasteiger partial charge on any atom is -0.460 e. The smallest absolute Gasteiger partial charge is 0.340 e. The van der Waals surface area contributed by atoms with E-state index < -0.39 is 12.0 Å². The number of rotatable bonds is 8. The SMILES string of the molecule is Cn1cc(C(=O)OC[C@H]2CN(Cc3ccccc3)c3cn(CCc4ccccc4)nc3C(=O)N2)c2ccccc21. The highest BCUT2D eigenvalue weighted by molar-refractivity contribution is 6.04. The molecule has 1 aliphatic heterocycles. The minimum absolute atomic E-state index is 0.0529. The Bertz CT molecular complexity index is 1640. The van der Waals surface area contributed by atoms with Gasteiger partial charge in [-0.25, -0.2) is 4.79 Å². The van der Waals surface area contributed by atoms with Gasteiger partial charge >= 0.3 is 5.97 Å². The van der Waals surface area contributed by atoms with Crippen molar-refractivity contribution in [2.75, 3.05) is 18.1 Å². The number of carbonyl (C=O) groups is 2. The monoisotopic (exact) mass is 533 g/mol. The molecule has 40 heavy (non-hydrogen) atoms. The van der Waals surface area contributed by atoms with Crippen LogP contribution < -0.4 is 10.2 Å². The first-order chi connectivity index (χ1) is 19.5. The average Bonchev–Trinajstić information content (AvgIpc) is 3.54. The first-order valence-electron chi connectivity index (χ1n) is 13.5. The van der Waals surface area contributed by atoms with E-state index in [4.69, 9.17) is 4.74 Å². The number of carbonyl (C=O) groups excluding carboxylic acids is 2. The molecule has 3 heterocycles. The molecule has 3 aromatic carbocycles. The van der Waals surface area contributed by atoms with Gasteiger partial charge in [-0.05, 0) is 23.6 Å². The lowest BCUT2D eigenvalue weighted by Crippen LogP contribution is -2.44. The van der Waals surface area contributed by atoms with E-state index in [1.807, 2.05) is 83.2 Å². The number of nitrogens with zero attached hydrogens (tertiary/aromatic N) is 4. The van der Waals surface area contributed by atoms with Gasteiger partial charge in [0.15, 0.2) is 5.69 Å². The van der Waals surface area contributed by atoms with E-state index in [9.17, 15) is 9.59 Å². The maximum absolute atomic E-state index is 13.3. The van der Waals surface area contributed by atoms with Crippen LogP contribution in [0.15, 0.2) is 97.3 Å². The highest BCUT2D eigenvalue weighted by atomic mass is 16.5. The predicted molar refractivity (Wildman–Crippen MR) is 154 cm³/mol. The fourth-order valence-electron chi connectivity index (χ4n) is 5.28. The van der Waals surface area contributed by atoms with E-state index >= 15 is 0 Å². The standard InChI is InChI=1S/C32H31N5O3/c1-35-20-27(26-14-8-9-15-28(26)35)32(39)40-22-25-19-36(18-24-12-6-3-7-13-24)29-21-37(34-30(29)31(38)33-25)17-16-23-10-4-2-5-11-23/h2-15,20-21,25H,16-19,22H2,1H3,(H,33,38)/t25-/m1/s1. The zero-order valence-corrected chi connectivity index (χ0v) is 22.4. The van der Waals surface area contributed by atoms with Crippen LogP contribution in [-0.2, 0) is 31.3 Å². The topological polar surface area (TPSA) is 81.4 Å². The van der Waals surface area contributed by atoms with Crippen molar-refractivity contribution in [3.05, 3.63) is 120 Å². The average molecular weight is 534 g/mol. The molecule has 1 aliphatic rings. The zero-order valence-electron chi connectivity index (χ0n) is 22.4. The third kappa shape index (κ3) is 5.33. The summed E-state index contributed by atoms with van der Waals surface area (Å²) in [6.07, 6.45) is 4.55. The normalized spacial score (nSPS) is 15.0. The van der Waals surface area contributed by atoms with Crippen molar-refractivity contribution >= 4 is 28.5 Å². The van der Waals surface area contributed by atoms with Crippen molar-refractivity contribution in [2.24, 2.45) is 7.05 Å². The maximum Gasteiger partial charge on any atom is 0.340 e. The molecule has 0 radical (unpaired) electrons. The van der Waals surface area contributed by atoms with Crippen molar-refractivity contribution in [3.63, 3.8) is 0 Å². The summed E-state index contributed by atoms with van der Waals surface area (Å²) >= 11 is 0. The molecule has 0 spiro atoms. The number of aryl methyl sites for hydroxylation is 3. The van der Waals surface area contributed by atoms with Crippen LogP contribution in [-0.4, -0.2) is 45.4 Å². The van der Waals surface area contributed by atoms with Crippen LogP contribution in [0.5, 0.6) is 0 Å². The Kier molecular flexibility index (Phi) is 7.06. The quantitative estimate of drug-likeness (QED) is 0.295. The molecule has 0 aliphatic carbocycles. The Balaban J connectivity index is 1.21. The van der Waals surface area contributed by atoms with Gasteiger partial charge in [-0.15, -0.1) is 0 Å². The summed E-state index contributed by atoms with van der Waals surface area (Å²) in [5.41, 5.74) is 4.96. The fourth-order valence-corrected chi connectivity index (χ4v) is 5.28. The predicted octanol–water partition coefficient (Wildman–Crippen LogP) is 4.59. The van der Waals surface area contributed by atoms with Crippen molar-refractivity contribution in [3.8, 4) is 0 Å². The van der Waals surface area contributed by atoms with Gasteiger partial charge in [0.05, 0.1) is 17.3 Å². The van der Waals surface area contributed by atoms with Crippen LogP contribution >= 0.6 is 0 Å². The Morgan fingerprint density at radius 3 is 2.42 bits per heavy atom. The number of benzene rings is 3. The minimum atomic E-state index is -0.409. The molecule has 1 amide bonds. The summed E-state index contributed by atoms with van der Waals surface area (Å²) in [4.78, 5) is 28.6. The number of aromatic nitrogens is 3. The lowest BCUT2D eigenvalue weighted by molar-refractivity contribution is 0.0462. The van der Waals surface area contributed by atoms with E-state index in [1.54, 1.807) is 6.20 Å². The summed E-state index contributed by atoms with van der Waals surface area (Å²) in [7, 11) is 1.91. The highest BCUT2D eigenvalue weighted by Gasteiger charge is 2.31. The molecule has 202 valence electrons. The molecular weight excluding hydrogens is 502 g/mol. The van der Waals surface area contributed by atoms with E-state index in [1.165, 1.54) is 5.56 Å². The summed E-state index contributed by atoms with van der Waals surface area (Å²) in [5, 5.41) is 8.56. The second-order valence-corrected chi connectivity index (χ2v) is 10.2. The molecule has 0 fully saturated rings. The summed E-state index contributed by atoms with van der Waals surface area (Å²) < 4.78 is 9.52. The molecule has 6 rings (SSSR count). The third-order valence-electron chi connectivity index (χ3n) is 7.30. The van der Waals surface area contributed by atoms with Gasteiger partial charge in [-0.1, -0.05) is 78.9 Å². The summed E-state index contributed by atoms with van der Waals surface area (Å²) in [6.45, 7) is 1.79. The van der Waals surface area contributed by atoms with Gasteiger partial charge in [0.1, 0.15) is 6.61 Å². The second kappa shape index (κ2) is 11.1. The molecule has 5 aromatic rings. The lowest BCUT2D eigenvalue weighted by Gasteiger charge is -2.26. The van der Waals surface area contributed by atoms with E-state index in [0.29, 0.717) is 30.9 Å². The molecular formula is C32H31N5O3. The summed E-state index contributed by atoms with van der Waals surface area (Å²) in [6, 6.07) is 27.7. The van der Waals surface area contributed by atoms with Gasteiger partial charge in [0.2, 0.25) is 0 Å². The van der Waals surface area contributed by atoms with Gasteiger partial charge in [-0.3, -0.25) is 9.48 Å². The van der Waals surface area contributed by atoms with Crippen molar-refractivity contribution in [1.82, 2.24) is 19.7 Å². The molecule has 0 bridgehead atoms. The maximum atomic E-state index is 13.3. The number of esters is 1.